The molecule has 0 rings (SSSR count). The minimum Gasteiger partial charge on any atom is -0.462 e. The van der Waals surface area contributed by atoms with Crippen LogP contribution >= 0.6 is 0 Å². The number of unbranched alkanes of at least 4 members (excludes halogenated alkanes) is 15. The van der Waals surface area contributed by atoms with Gasteiger partial charge in [0.1, 0.15) is 6.10 Å². The maximum atomic E-state index is 13.1. The molecule has 0 heterocycles. The molecule has 1 amide bonds. The molecule has 0 aromatic rings. The van der Waals surface area contributed by atoms with Crippen molar-refractivity contribution in [1.29, 1.82) is 0 Å². The molecule has 0 aromatic heterocycles. The number of nitrogens with one attached hydrogen (secondary N) is 1. The molecule has 0 spiro atoms. The summed E-state index contributed by atoms with van der Waals surface area (Å²) in [5, 5.41) is 23.5. The van der Waals surface area contributed by atoms with E-state index in [4.69, 9.17) is 4.74 Å². The van der Waals surface area contributed by atoms with Crippen molar-refractivity contribution in [2.24, 2.45) is 0 Å². The van der Waals surface area contributed by atoms with Crippen molar-refractivity contribution in [2.75, 3.05) is 6.61 Å². The standard InChI is InChI=1S/C50H85NO5/c1-4-7-10-13-16-19-21-22-23-24-25-26-28-31-34-37-40-43-50(55)56-46(41-38-35-32-30-27-20-17-14-11-8-5-2)44-49(54)51-47(45-52)48(53)42-39-36-33-29-18-15-12-9-6-3/h8,11,14,16-17,19-20,22-23,25-27,31,34,46-48,52-53H,4-7,9-10,12-13,15,18,21,24,28-30,32-33,35-45H2,1-3H3,(H,51,54)/b11-8+,17-14+,19-16-,23-22-,26-25-,27-20-,34-31-. The average Bonchev–Trinajstić information content (AvgIpc) is 3.19. The first kappa shape index (κ1) is 53.0. The van der Waals surface area contributed by atoms with Gasteiger partial charge in [0.25, 0.3) is 0 Å². The molecule has 3 N–H and O–H groups in total. The lowest BCUT2D eigenvalue weighted by Gasteiger charge is -2.24. The zero-order valence-electron chi connectivity index (χ0n) is 36.2. The molecule has 6 heteroatoms. The van der Waals surface area contributed by atoms with Gasteiger partial charge in [0.05, 0.1) is 25.2 Å². The maximum absolute atomic E-state index is 13.1. The van der Waals surface area contributed by atoms with E-state index in [2.05, 4.69) is 99.0 Å². The Kier molecular flexibility index (Phi) is 40.9. The number of hydrogen-bond donors (Lipinski definition) is 3. The molecular formula is C50H85NO5. The second-order valence-electron chi connectivity index (χ2n) is 15.1. The smallest absolute Gasteiger partial charge is 0.306 e. The predicted octanol–water partition coefficient (Wildman–Crippen LogP) is 13.2. The SMILES string of the molecule is CC/C=C/C=C/C=C\CCCCCC(CC(=O)NC(CO)C(O)CCCCCCCCCCC)OC(=O)CCC/C=C\C/C=C\C/C=C\C/C=C\CCCCC. The third kappa shape index (κ3) is 37.9. The van der Waals surface area contributed by atoms with Gasteiger partial charge in [0.15, 0.2) is 0 Å². The van der Waals surface area contributed by atoms with Crippen LogP contribution in [-0.4, -0.2) is 46.9 Å². The molecule has 0 aliphatic carbocycles. The first-order chi connectivity index (χ1) is 27.5. The van der Waals surface area contributed by atoms with Crippen LogP contribution in [0.2, 0.25) is 0 Å². The molecule has 6 nitrogen and oxygen atoms in total. The number of carbonyl (C=O) groups excluding carboxylic acids is 2. The van der Waals surface area contributed by atoms with Crippen molar-refractivity contribution in [2.45, 2.75) is 212 Å². The molecule has 0 radical (unpaired) electrons. The van der Waals surface area contributed by atoms with Crippen LogP contribution in [0.3, 0.4) is 0 Å². The molecule has 56 heavy (non-hydrogen) atoms. The molecule has 3 unspecified atom stereocenters. The molecule has 320 valence electrons. The zero-order valence-corrected chi connectivity index (χ0v) is 36.2. The Labute approximate surface area is 344 Å². The Balaban J connectivity index is 4.72. The van der Waals surface area contributed by atoms with E-state index in [1.807, 2.05) is 12.2 Å². The van der Waals surface area contributed by atoms with Crippen LogP contribution in [0.1, 0.15) is 194 Å². The van der Waals surface area contributed by atoms with Gasteiger partial charge in [-0.2, -0.15) is 0 Å². The Bertz CT molecular complexity index is 1100. The third-order valence-corrected chi connectivity index (χ3v) is 9.77. The van der Waals surface area contributed by atoms with Crippen molar-refractivity contribution in [3.63, 3.8) is 0 Å². The average molecular weight is 780 g/mol. The first-order valence-electron chi connectivity index (χ1n) is 22.8. The van der Waals surface area contributed by atoms with Crippen molar-refractivity contribution < 1.29 is 24.5 Å². The fourth-order valence-corrected chi connectivity index (χ4v) is 6.30. The number of esters is 1. The van der Waals surface area contributed by atoms with E-state index < -0.39 is 18.2 Å². The molecule has 0 bridgehead atoms. The highest BCUT2D eigenvalue weighted by molar-refractivity contribution is 5.77. The molecule has 0 aromatic carbocycles. The molecule has 0 aliphatic heterocycles. The van der Waals surface area contributed by atoms with Crippen molar-refractivity contribution in [3.05, 3.63) is 85.1 Å². The lowest BCUT2D eigenvalue weighted by atomic mass is 10.0. The highest BCUT2D eigenvalue weighted by Gasteiger charge is 2.24. The number of carbonyl (C=O) groups is 2. The van der Waals surface area contributed by atoms with Gasteiger partial charge in [-0.3, -0.25) is 9.59 Å². The molecule has 0 saturated carbocycles. The van der Waals surface area contributed by atoms with Crippen LogP contribution in [0, 0.1) is 0 Å². The number of aliphatic hydroxyl groups excluding tert-OH is 2. The molecular weight excluding hydrogens is 695 g/mol. The summed E-state index contributed by atoms with van der Waals surface area (Å²) in [7, 11) is 0. The summed E-state index contributed by atoms with van der Waals surface area (Å²) in [5.41, 5.74) is 0. The largest absolute Gasteiger partial charge is 0.462 e. The lowest BCUT2D eigenvalue weighted by molar-refractivity contribution is -0.151. The number of aliphatic hydroxyl groups is 2. The molecule has 0 fully saturated rings. The van der Waals surface area contributed by atoms with Gasteiger partial charge in [-0.25, -0.2) is 0 Å². The van der Waals surface area contributed by atoms with Crippen LogP contribution < -0.4 is 5.32 Å². The van der Waals surface area contributed by atoms with E-state index in [1.165, 1.54) is 64.2 Å². The van der Waals surface area contributed by atoms with Crippen molar-refractivity contribution >= 4 is 11.9 Å². The second kappa shape index (κ2) is 43.2. The van der Waals surface area contributed by atoms with Gasteiger partial charge in [-0.15, -0.1) is 0 Å². The Hall–Kier alpha value is -2.96. The van der Waals surface area contributed by atoms with E-state index in [0.717, 1.165) is 77.0 Å². The Morgan fingerprint density at radius 2 is 1.04 bits per heavy atom. The van der Waals surface area contributed by atoms with E-state index in [-0.39, 0.29) is 24.9 Å². The first-order valence-corrected chi connectivity index (χ1v) is 22.8. The lowest BCUT2D eigenvalue weighted by Crippen LogP contribution is -2.46. The van der Waals surface area contributed by atoms with E-state index in [1.54, 1.807) is 0 Å². The van der Waals surface area contributed by atoms with Gasteiger partial charge in [-0.05, 0) is 83.5 Å². The summed E-state index contributed by atoms with van der Waals surface area (Å²) in [6.45, 7) is 6.25. The van der Waals surface area contributed by atoms with Gasteiger partial charge < -0.3 is 20.3 Å². The normalized spacial score (nSPS) is 14.2. The number of hydrogen-bond acceptors (Lipinski definition) is 5. The number of amides is 1. The summed E-state index contributed by atoms with van der Waals surface area (Å²) < 4.78 is 5.85. The van der Waals surface area contributed by atoms with Crippen LogP contribution in [0.15, 0.2) is 85.1 Å². The van der Waals surface area contributed by atoms with E-state index in [9.17, 15) is 19.8 Å². The monoisotopic (exact) mass is 780 g/mol. The summed E-state index contributed by atoms with van der Waals surface area (Å²) in [6, 6.07) is -0.725. The highest BCUT2D eigenvalue weighted by atomic mass is 16.5. The van der Waals surface area contributed by atoms with Crippen molar-refractivity contribution in [3.8, 4) is 0 Å². The van der Waals surface area contributed by atoms with Gasteiger partial charge in [0, 0.05) is 6.42 Å². The number of rotatable bonds is 39. The van der Waals surface area contributed by atoms with Gasteiger partial charge in [-0.1, -0.05) is 183 Å². The summed E-state index contributed by atoms with van der Waals surface area (Å²) in [4.78, 5) is 25.9. The maximum Gasteiger partial charge on any atom is 0.306 e. The molecule has 3 atom stereocenters. The van der Waals surface area contributed by atoms with Crippen LogP contribution in [0.25, 0.3) is 0 Å². The third-order valence-electron chi connectivity index (χ3n) is 9.77. The number of ether oxygens (including phenoxy) is 1. The zero-order chi connectivity index (χ0) is 41.0. The topological polar surface area (TPSA) is 95.9 Å². The number of allylic oxidation sites excluding steroid dienone is 14. The van der Waals surface area contributed by atoms with Crippen LogP contribution in [0.5, 0.6) is 0 Å². The Morgan fingerprint density at radius 3 is 1.64 bits per heavy atom. The quantitative estimate of drug-likeness (QED) is 0.0250. The molecule has 0 saturated heterocycles. The van der Waals surface area contributed by atoms with E-state index in [0.29, 0.717) is 25.7 Å². The minimum absolute atomic E-state index is 0.0279. The summed E-state index contributed by atoms with van der Waals surface area (Å²) in [6.07, 6.45) is 55.1. The Morgan fingerprint density at radius 1 is 0.554 bits per heavy atom. The summed E-state index contributed by atoms with van der Waals surface area (Å²) in [5.74, 6) is -0.587. The fraction of sp³-hybridized carbons (Fsp3) is 0.680. The van der Waals surface area contributed by atoms with Gasteiger partial charge in [0.2, 0.25) is 5.91 Å². The highest BCUT2D eigenvalue weighted by Crippen LogP contribution is 2.16. The molecule has 0 aliphatic rings. The predicted molar refractivity (Wildman–Crippen MR) is 241 cm³/mol. The second-order valence-corrected chi connectivity index (χ2v) is 15.1. The summed E-state index contributed by atoms with van der Waals surface area (Å²) >= 11 is 0. The van der Waals surface area contributed by atoms with Crippen molar-refractivity contribution in [1.82, 2.24) is 5.32 Å². The van der Waals surface area contributed by atoms with Crippen LogP contribution in [-0.2, 0) is 14.3 Å². The fourth-order valence-electron chi connectivity index (χ4n) is 6.30. The van der Waals surface area contributed by atoms with Crippen LogP contribution in [0.4, 0.5) is 0 Å². The van der Waals surface area contributed by atoms with Gasteiger partial charge >= 0.3 is 5.97 Å². The minimum atomic E-state index is -0.808. The van der Waals surface area contributed by atoms with E-state index >= 15 is 0 Å².